The highest BCUT2D eigenvalue weighted by Gasteiger charge is 2.12. The van der Waals surface area contributed by atoms with Gasteiger partial charge < -0.3 is 5.32 Å². The van der Waals surface area contributed by atoms with E-state index in [-0.39, 0.29) is 17.9 Å². The van der Waals surface area contributed by atoms with Crippen molar-refractivity contribution in [2.24, 2.45) is 0 Å². The van der Waals surface area contributed by atoms with Crippen LogP contribution in [0.25, 0.3) is 0 Å². The van der Waals surface area contributed by atoms with Gasteiger partial charge in [-0.2, -0.15) is 0 Å². The van der Waals surface area contributed by atoms with Gasteiger partial charge in [-0.3, -0.25) is 0 Å². The normalized spacial score (nSPS) is 14.1. The first-order valence-corrected chi connectivity index (χ1v) is 7.54. The molecule has 2 aromatic rings. The van der Waals surface area contributed by atoms with Gasteiger partial charge in [0.1, 0.15) is 5.82 Å². The van der Waals surface area contributed by atoms with Crippen LogP contribution < -0.4 is 5.32 Å². The highest BCUT2D eigenvalue weighted by Crippen LogP contribution is 2.22. The number of hydrogen-bond donors (Lipinski definition) is 1. The molecule has 2 atom stereocenters. The van der Waals surface area contributed by atoms with Gasteiger partial charge in [0, 0.05) is 16.6 Å². The number of nitrogens with one attached hydrogen (secondary N) is 1. The molecular weight excluding hydrogens is 317 g/mol. The number of aryl methyl sites for hydroxylation is 1. The van der Waals surface area contributed by atoms with E-state index in [1.54, 1.807) is 13.0 Å². The summed E-state index contributed by atoms with van der Waals surface area (Å²) < 4.78 is 14.7. The van der Waals surface area contributed by atoms with Crippen molar-refractivity contribution < 1.29 is 4.39 Å². The Balaban J connectivity index is 2.10. The third kappa shape index (κ3) is 3.68. The minimum absolute atomic E-state index is 0.0964. The highest BCUT2D eigenvalue weighted by molar-refractivity contribution is 9.10. The van der Waals surface area contributed by atoms with Gasteiger partial charge in [0.15, 0.2) is 0 Å². The van der Waals surface area contributed by atoms with E-state index in [0.717, 1.165) is 10.0 Å². The Morgan fingerprint density at radius 2 is 1.65 bits per heavy atom. The van der Waals surface area contributed by atoms with Crippen LogP contribution in [-0.4, -0.2) is 0 Å². The predicted molar refractivity (Wildman–Crippen MR) is 85.2 cm³/mol. The Bertz CT molecular complexity index is 597. The molecule has 0 heterocycles. The Hall–Kier alpha value is -1.19. The SMILES string of the molecule is Cc1ccc(C(C)NC(C)c2cccc(Br)c2)cc1F. The molecule has 3 heteroatoms. The van der Waals surface area contributed by atoms with Crippen molar-refractivity contribution in [1.29, 1.82) is 0 Å². The number of rotatable bonds is 4. The summed E-state index contributed by atoms with van der Waals surface area (Å²) in [4.78, 5) is 0. The lowest BCUT2D eigenvalue weighted by molar-refractivity contribution is 0.491. The first kappa shape index (κ1) is 15.2. The molecule has 0 spiro atoms. The molecule has 0 saturated heterocycles. The topological polar surface area (TPSA) is 12.0 Å². The van der Waals surface area contributed by atoms with Crippen LogP contribution in [-0.2, 0) is 0 Å². The molecule has 2 rings (SSSR count). The summed E-state index contributed by atoms with van der Waals surface area (Å²) in [6.45, 7) is 5.95. The Morgan fingerprint density at radius 3 is 2.25 bits per heavy atom. The van der Waals surface area contributed by atoms with Crippen molar-refractivity contribution in [3.8, 4) is 0 Å². The molecule has 20 heavy (non-hydrogen) atoms. The van der Waals surface area contributed by atoms with Crippen molar-refractivity contribution in [1.82, 2.24) is 5.32 Å². The average molecular weight is 336 g/mol. The van der Waals surface area contributed by atoms with Gasteiger partial charge in [-0.25, -0.2) is 4.39 Å². The highest BCUT2D eigenvalue weighted by atomic mass is 79.9. The summed E-state index contributed by atoms with van der Waals surface area (Å²) >= 11 is 3.48. The van der Waals surface area contributed by atoms with Crippen molar-refractivity contribution >= 4 is 15.9 Å². The van der Waals surface area contributed by atoms with Crippen LogP contribution in [0.15, 0.2) is 46.9 Å². The first-order chi connectivity index (χ1) is 9.47. The summed E-state index contributed by atoms with van der Waals surface area (Å²) in [6.07, 6.45) is 0. The van der Waals surface area contributed by atoms with Crippen LogP contribution in [0.5, 0.6) is 0 Å². The van der Waals surface area contributed by atoms with Crippen molar-refractivity contribution in [3.63, 3.8) is 0 Å². The van der Waals surface area contributed by atoms with Gasteiger partial charge in [0.2, 0.25) is 0 Å². The molecule has 1 nitrogen and oxygen atoms in total. The van der Waals surface area contributed by atoms with E-state index in [4.69, 9.17) is 0 Å². The Labute approximate surface area is 128 Å². The quantitative estimate of drug-likeness (QED) is 0.798. The molecule has 0 aliphatic carbocycles. The second-order valence-corrected chi connectivity index (χ2v) is 6.09. The molecule has 0 amide bonds. The molecule has 2 unspecified atom stereocenters. The minimum Gasteiger partial charge on any atom is -0.304 e. The fraction of sp³-hybridized carbons (Fsp3) is 0.294. The molecule has 0 fully saturated rings. The molecule has 0 saturated carbocycles. The predicted octanol–water partition coefficient (Wildman–Crippen LogP) is 5.31. The van der Waals surface area contributed by atoms with Crippen LogP contribution in [0.4, 0.5) is 4.39 Å². The Morgan fingerprint density at radius 1 is 1.00 bits per heavy atom. The number of halogens is 2. The monoisotopic (exact) mass is 335 g/mol. The lowest BCUT2D eigenvalue weighted by Gasteiger charge is -2.21. The van der Waals surface area contributed by atoms with E-state index in [0.29, 0.717) is 5.56 Å². The van der Waals surface area contributed by atoms with Crippen molar-refractivity contribution in [2.45, 2.75) is 32.9 Å². The van der Waals surface area contributed by atoms with Crippen LogP contribution >= 0.6 is 15.9 Å². The van der Waals surface area contributed by atoms with Gasteiger partial charge >= 0.3 is 0 Å². The molecule has 0 aliphatic heterocycles. The maximum atomic E-state index is 13.6. The first-order valence-electron chi connectivity index (χ1n) is 6.75. The zero-order chi connectivity index (χ0) is 14.7. The van der Waals surface area contributed by atoms with E-state index in [1.807, 2.05) is 24.3 Å². The van der Waals surface area contributed by atoms with Gasteiger partial charge in [0.25, 0.3) is 0 Å². The molecule has 1 N–H and O–H groups in total. The molecule has 2 aromatic carbocycles. The standard InChI is InChI=1S/C17H19BrFN/c1-11-7-8-15(10-17(11)19)13(3)20-12(2)14-5-4-6-16(18)9-14/h4-10,12-13,20H,1-3H3. The lowest BCUT2D eigenvalue weighted by atomic mass is 10.0. The molecule has 106 valence electrons. The van der Waals surface area contributed by atoms with E-state index < -0.39 is 0 Å². The minimum atomic E-state index is -0.147. The average Bonchev–Trinajstić information content (AvgIpc) is 2.41. The van der Waals surface area contributed by atoms with E-state index in [9.17, 15) is 4.39 Å². The van der Waals surface area contributed by atoms with Crippen molar-refractivity contribution in [2.75, 3.05) is 0 Å². The fourth-order valence-electron chi connectivity index (χ4n) is 2.22. The van der Waals surface area contributed by atoms with Crippen molar-refractivity contribution in [3.05, 3.63) is 69.4 Å². The largest absolute Gasteiger partial charge is 0.304 e. The van der Waals surface area contributed by atoms with Gasteiger partial charge in [0.05, 0.1) is 0 Å². The molecule has 0 radical (unpaired) electrons. The van der Waals surface area contributed by atoms with E-state index in [2.05, 4.69) is 47.2 Å². The maximum absolute atomic E-state index is 13.6. The van der Waals surface area contributed by atoms with Crippen LogP contribution in [0.3, 0.4) is 0 Å². The Kier molecular flexibility index (Phi) is 4.95. The third-order valence-corrected chi connectivity index (χ3v) is 4.04. The summed E-state index contributed by atoms with van der Waals surface area (Å²) in [5.41, 5.74) is 2.86. The third-order valence-electron chi connectivity index (χ3n) is 3.54. The van der Waals surface area contributed by atoms with Crippen LogP contribution in [0.1, 0.15) is 42.6 Å². The molecule has 0 aromatic heterocycles. The second-order valence-electron chi connectivity index (χ2n) is 5.17. The summed E-state index contributed by atoms with van der Waals surface area (Å²) in [6, 6.07) is 13.9. The van der Waals surface area contributed by atoms with Crippen LogP contribution in [0.2, 0.25) is 0 Å². The molecular formula is C17H19BrFN. The number of hydrogen-bond acceptors (Lipinski definition) is 1. The van der Waals surface area contributed by atoms with Gasteiger partial charge in [-0.15, -0.1) is 0 Å². The fourth-order valence-corrected chi connectivity index (χ4v) is 2.64. The molecule has 0 aliphatic rings. The summed E-state index contributed by atoms with van der Waals surface area (Å²) in [7, 11) is 0. The summed E-state index contributed by atoms with van der Waals surface area (Å²) in [5.74, 6) is -0.147. The second kappa shape index (κ2) is 6.51. The smallest absolute Gasteiger partial charge is 0.126 e. The maximum Gasteiger partial charge on any atom is 0.126 e. The lowest BCUT2D eigenvalue weighted by Crippen LogP contribution is -2.22. The zero-order valence-corrected chi connectivity index (χ0v) is 13.5. The number of benzene rings is 2. The zero-order valence-electron chi connectivity index (χ0n) is 12.0. The van der Waals surface area contributed by atoms with Gasteiger partial charge in [-0.1, -0.05) is 40.2 Å². The van der Waals surface area contributed by atoms with Gasteiger partial charge in [-0.05, 0) is 55.7 Å². The van der Waals surface area contributed by atoms with E-state index in [1.165, 1.54) is 5.56 Å². The molecule has 0 bridgehead atoms. The van der Waals surface area contributed by atoms with E-state index >= 15 is 0 Å². The summed E-state index contributed by atoms with van der Waals surface area (Å²) in [5, 5.41) is 3.50. The van der Waals surface area contributed by atoms with Crippen LogP contribution in [0, 0.1) is 12.7 Å².